The van der Waals surface area contributed by atoms with Crippen molar-refractivity contribution in [3.8, 4) is 0 Å². The molecule has 2 atom stereocenters. The summed E-state index contributed by atoms with van der Waals surface area (Å²) < 4.78 is 0. The van der Waals surface area contributed by atoms with E-state index in [1.165, 1.54) is 0 Å². The predicted octanol–water partition coefficient (Wildman–Crippen LogP) is 3.15. The minimum atomic E-state index is 0.0673. The quantitative estimate of drug-likeness (QED) is 0.720. The highest BCUT2D eigenvalue weighted by Crippen LogP contribution is 2.28. The SMILES string of the molecule is Cc1cnc(C(C(C)C)C(C)Cl)nc1. The van der Waals surface area contributed by atoms with Gasteiger partial charge in [-0.1, -0.05) is 13.8 Å². The number of aromatic nitrogens is 2. The van der Waals surface area contributed by atoms with Gasteiger partial charge in [-0.15, -0.1) is 11.6 Å². The van der Waals surface area contributed by atoms with Crippen LogP contribution < -0.4 is 0 Å². The number of hydrogen-bond donors (Lipinski definition) is 0. The first-order chi connectivity index (χ1) is 6.52. The number of aryl methyl sites for hydroxylation is 1. The van der Waals surface area contributed by atoms with Gasteiger partial charge >= 0.3 is 0 Å². The third-order valence-corrected chi connectivity index (χ3v) is 2.58. The maximum absolute atomic E-state index is 6.13. The van der Waals surface area contributed by atoms with E-state index in [0.29, 0.717) is 5.92 Å². The van der Waals surface area contributed by atoms with Crippen molar-refractivity contribution in [3.05, 3.63) is 23.8 Å². The van der Waals surface area contributed by atoms with Gasteiger partial charge in [0.05, 0.1) is 0 Å². The first-order valence-electron chi connectivity index (χ1n) is 4.95. The van der Waals surface area contributed by atoms with E-state index in [0.717, 1.165) is 11.4 Å². The van der Waals surface area contributed by atoms with Crippen LogP contribution in [0.3, 0.4) is 0 Å². The summed E-state index contributed by atoms with van der Waals surface area (Å²) in [5, 5.41) is 0.0673. The highest BCUT2D eigenvalue weighted by Gasteiger charge is 2.23. The lowest BCUT2D eigenvalue weighted by Gasteiger charge is -2.21. The first-order valence-corrected chi connectivity index (χ1v) is 5.38. The molecule has 1 aromatic heterocycles. The Morgan fingerprint density at radius 2 is 1.64 bits per heavy atom. The Morgan fingerprint density at radius 1 is 1.14 bits per heavy atom. The molecule has 0 aromatic carbocycles. The van der Waals surface area contributed by atoms with Crippen LogP contribution in [0.4, 0.5) is 0 Å². The van der Waals surface area contributed by atoms with Gasteiger partial charge in [-0.3, -0.25) is 0 Å². The molecule has 0 bridgehead atoms. The van der Waals surface area contributed by atoms with Crippen LogP contribution in [0, 0.1) is 12.8 Å². The predicted molar refractivity (Wildman–Crippen MR) is 59.7 cm³/mol. The van der Waals surface area contributed by atoms with Crippen LogP contribution in [0.25, 0.3) is 0 Å². The zero-order chi connectivity index (χ0) is 10.7. The maximum atomic E-state index is 6.13. The van der Waals surface area contributed by atoms with Crippen molar-refractivity contribution >= 4 is 11.6 Å². The number of hydrogen-bond acceptors (Lipinski definition) is 2. The molecule has 2 nitrogen and oxygen atoms in total. The second kappa shape index (κ2) is 4.74. The Morgan fingerprint density at radius 3 is 2.00 bits per heavy atom. The van der Waals surface area contributed by atoms with E-state index < -0.39 is 0 Å². The van der Waals surface area contributed by atoms with Crippen molar-refractivity contribution in [2.24, 2.45) is 5.92 Å². The van der Waals surface area contributed by atoms with Gasteiger partial charge in [0.15, 0.2) is 0 Å². The van der Waals surface area contributed by atoms with Gasteiger partial charge in [0.25, 0.3) is 0 Å². The Bertz CT molecular complexity index is 272. The van der Waals surface area contributed by atoms with Gasteiger partial charge in [0, 0.05) is 23.7 Å². The highest BCUT2D eigenvalue weighted by molar-refractivity contribution is 6.20. The summed E-state index contributed by atoms with van der Waals surface area (Å²) in [6.07, 6.45) is 3.69. The highest BCUT2D eigenvalue weighted by atomic mass is 35.5. The monoisotopic (exact) mass is 212 g/mol. The minimum Gasteiger partial charge on any atom is -0.241 e. The maximum Gasteiger partial charge on any atom is 0.133 e. The zero-order valence-electron chi connectivity index (χ0n) is 9.16. The van der Waals surface area contributed by atoms with E-state index >= 15 is 0 Å². The Balaban J connectivity index is 2.94. The summed E-state index contributed by atoms with van der Waals surface area (Å²) in [6.45, 7) is 8.27. The van der Waals surface area contributed by atoms with Gasteiger partial charge in [-0.2, -0.15) is 0 Å². The van der Waals surface area contributed by atoms with Crippen LogP contribution in [0.5, 0.6) is 0 Å². The third kappa shape index (κ3) is 2.68. The van der Waals surface area contributed by atoms with Crippen LogP contribution >= 0.6 is 11.6 Å². The van der Waals surface area contributed by atoms with Crippen molar-refractivity contribution in [1.82, 2.24) is 9.97 Å². The lowest BCUT2D eigenvalue weighted by Crippen LogP contribution is -2.18. The molecule has 0 amide bonds. The molecule has 0 saturated heterocycles. The average Bonchev–Trinajstić information content (AvgIpc) is 2.07. The average molecular weight is 213 g/mol. The molecule has 2 unspecified atom stereocenters. The summed E-state index contributed by atoms with van der Waals surface area (Å²) in [7, 11) is 0. The molecule has 0 fully saturated rings. The van der Waals surface area contributed by atoms with Gasteiger partial charge in [0.1, 0.15) is 5.82 Å². The molecule has 0 aliphatic heterocycles. The zero-order valence-corrected chi connectivity index (χ0v) is 9.92. The number of alkyl halides is 1. The number of rotatable bonds is 3. The van der Waals surface area contributed by atoms with Gasteiger partial charge < -0.3 is 0 Å². The number of nitrogens with zero attached hydrogens (tertiary/aromatic N) is 2. The van der Waals surface area contributed by atoms with E-state index in [1.54, 1.807) is 0 Å². The van der Waals surface area contributed by atoms with Crippen LogP contribution in [0.2, 0.25) is 0 Å². The summed E-state index contributed by atoms with van der Waals surface area (Å²) in [5.41, 5.74) is 1.08. The Labute approximate surface area is 90.7 Å². The fourth-order valence-electron chi connectivity index (χ4n) is 1.61. The first kappa shape index (κ1) is 11.4. The molecule has 14 heavy (non-hydrogen) atoms. The minimum absolute atomic E-state index is 0.0673. The summed E-state index contributed by atoms with van der Waals surface area (Å²) >= 11 is 6.13. The second-order valence-corrected chi connectivity index (χ2v) is 4.75. The normalized spacial score (nSPS) is 15.6. The van der Waals surface area contributed by atoms with Crippen molar-refractivity contribution in [3.63, 3.8) is 0 Å². The Kier molecular flexibility index (Phi) is 3.87. The van der Waals surface area contributed by atoms with Gasteiger partial charge in [0.2, 0.25) is 0 Å². The summed E-state index contributed by atoms with van der Waals surface area (Å²) in [5.74, 6) is 1.55. The molecule has 0 radical (unpaired) electrons. The molecule has 1 heterocycles. The molecular weight excluding hydrogens is 196 g/mol. The fourth-order valence-corrected chi connectivity index (χ4v) is 2.01. The van der Waals surface area contributed by atoms with Crippen molar-refractivity contribution in [1.29, 1.82) is 0 Å². The summed E-state index contributed by atoms with van der Waals surface area (Å²) in [6, 6.07) is 0. The van der Waals surface area contributed by atoms with E-state index in [4.69, 9.17) is 11.6 Å². The molecule has 3 heteroatoms. The lowest BCUT2D eigenvalue weighted by molar-refractivity contribution is 0.468. The van der Waals surface area contributed by atoms with Crippen LogP contribution in [0.15, 0.2) is 12.4 Å². The van der Waals surface area contributed by atoms with Crippen LogP contribution in [-0.2, 0) is 0 Å². The van der Waals surface area contributed by atoms with E-state index in [1.807, 2.05) is 26.2 Å². The van der Waals surface area contributed by atoms with Crippen LogP contribution in [-0.4, -0.2) is 15.3 Å². The molecule has 0 aliphatic rings. The standard InChI is InChI=1S/C11H17ClN2/c1-7(2)10(9(4)12)11-13-5-8(3)6-14-11/h5-7,9-10H,1-4H3. The molecule has 0 saturated carbocycles. The summed E-state index contributed by atoms with van der Waals surface area (Å²) in [4.78, 5) is 8.65. The molecule has 1 aromatic rings. The number of halogens is 1. The van der Waals surface area contributed by atoms with E-state index in [2.05, 4.69) is 23.8 Å². The van der Waals surface area contributed by atoms with Crippen molar-refractivity contribution in [2.75, 3.05) is 0 Å². The molecule has 1 rings (SSSR count). The fraction of sp³-hybridized carbons (Fsp3) is 0.636. The third-order valence-electron chi connectivity index (χ3n) is 2.31. The van der Waals surface area contributed by atoms with E-state index in [9.17, 15) is 0 Å². The van der Waals surface area contributed by atoms with Gasteiger partial charge in [-0.25, -0.2) is 9.97 Å². The molecule has 0 spiro atoms. The molecular formula is C11H17ClN2. The Hall–Kier alpha value is -0.630. The second-order valence-electron chi connectivity index (χ2n) is 4.07. The molecule has 0 aliphatic carbocycles. The largest absolute Gasteiger partial charge is 0.241 e. The van der Waals surface area contributed by atoms with Gasteiger partial charge in [-0.05, 0) is 25.3 Å². The lowest BCUT2D eigenvalue weighted by atomic mass is 9.92. The van der Waals surface area contributed by atoms with Crippen LogP contribution in [0.1, 0.15) is 38.1 Å². The van der Waals surface area contributed by atoms with E-state index in [-0.39, 0.29) is 11.3 Å². The topological polar surface area (TPSA) is 25.8 Å². The molecule has 0 N–H and O–H groups in total. The van der Waals surface area contributed by atoms with Crippen molar-refractivity contribution in [2.45, 2.75) is 39.0 Å². The molecule has 78 valence electrons. The smallest absolute Gasteiger partial charge is 0.133 e. The van der Waals surface area contributed by atoms with Crippen molar-refractivity contribution < 1.29 is 0 Å².